The van der Waals surface area contributed by atoms with E-state index in [1.807, 2.05) is 13.0 Å². The fourth-order valence-electron chi connectivity index (χ4n) is 0.111. The van der Waals surface area contributed by atoms with Gasteiger partial charge >= 0.3 is 21.1 Å². The molecule has 0 unspecified atom stereocenters. The van der Waals surface area contributed by atoms with Crippen molar-refractivity contribution in [3.8, 4) is 0 Å². The molecule has 1 heteroatoms. The monoisotopic (exact) mass is 253 g/mol. The van der Waals surface area contributed by atoms with Gasteiger partial charge in [0.2, 0.25) is 0 Å². The predicted octanol–water partition coefficient (Wildman–Crippen LogP) is 1.77. The van der Waals surface area contributed by atoms with Crippen molar-refractivity contribution in [3.63, 3.8) is 0 Å². The second-order valence-electron chi connectivity index (χ2n) is 0.718. The molecule has 0 saturated carbocycles. The summed E-state index contributed by atoms with van der Waals surface area (Å²) in [5.41, 5.74) is 0. The fourth-order valence-corrected chi connectivity index (χ4v) is 0.111. The summed E-state index contributed by atoms with van der Waals surface area (Å²) in [6.45, 7) is 6.85. The average Bonchev–Trinajstić information content (AvgIpc) is 1.41. The van der Waals surface area contributed by atoms with Crippen molar-refractivity contribution in [2.24, 2.45) is 0 Å². The summed E-state index contributed by atoms with van der Waals surface area (Å²) in [7, 11) is 0. The molecular weight excluding hydrogens is 244 g/mol. The van der Waals surface area contributed by atoms with Crippen LogP contribution in [0.5, 0.6) is 0 Å². The van der Waals surface area contributed by atoms with Crippen molar-refractivity contribution in [1.29, 1.82) is 0 Å². The van der Waals surface area contributed by atoms with Gasteiger partial charge in [0.1, 0.15) is 0 Å². The number of hydrogen-bond donors (Lipinski definition) is 0. The van der Waals surface area contributed by atoms with Crippen LogP contribution in [0.25, 0.3) is 0 Å². The van der Waals surface area contributed by atoms with Crippen LogP contribution in [-0.4, -0.2) is 0 Å². The first-order chi connectivity index (χ1) is 2.41. The molecule has 0 spiro atoms. The number of rotatable bonds is 1. The van der Waals surface area contributed by atoms with E-state index in [1.165, 1.54) is 6.08 Å². The van der Waals surface area contributed by atoms with E-state index in [2.05, 4.69) is 0 Å². The van der Waals surface area contributed by atoms with E-state index in [4.69, 9.17) is 6.58 Å². The maximum absolute atomic E-state index is 4.93. The molecule has 0 aliphatic rings. The molecule has 0 fully saturated rings. The summed E-state index contributed by atoms with van der Waals surface area (Å²) in [4.78, 5) is 0. The number of hydrogen-bond acceptors (Lipinski definition) is 0. The molecule has 0 aromatic heterocycles. The van der Waals surface area contributed by atoms with Crippen LogP contribution >= 0.6 is 0 Å². The Kier molecular flexibility index (Phi) is 14.1. The molecule has 36 valence electrons. The molecule has 0 radical (unpaired) electrons. The Morgan fingerprint density at radius 3 is 2.17 bits per heavy atom. The molecule has 0 aliphatic heterocycles. The Hall–Kier alpha value is 0.168. The van der Waals surface area contributed by atoms with Gasteiger partial charge < -0.3 is 2.85 Å². The van der Waals surface area contributed by atoms with E-state index < -0.39 is 0 Å². The molecule has 0 N–H and O–H groups in total. The molecule has 0 amide bonds. The van der Waals surface area contributed by atoms with E-state index in [0.717, 1.165) is 0 Å². The summed E-state index contributed by atoms with van der Waals surface area (Å²) in [6.07, 6.45) is 5.15. The van der Waals surface area contributed by atoms with Crippen LogP contribution < -0.4 is 0 Å². The molecule has 0 aromatic carbocycles. The third-order valence-electron chi connectivity index (χ3n) is 0.304. The Morgan fingerprint density at radius 2 is 2.17 bits per heavy atom. The van der Waals surface area contributed by atoms with Gasteiger partial charge in [-0.2, -0.15) is 6.08 Å². The van der Waals surface area contributed by atoms with E-state index in [9.17, 15) is 0 Å². The molecule has 0 rings (SSSR count). The second-order valence-corrected chi connectivity index (χ2v) is 0.718. The van der Waals surface area contributed by atoms with Gasteiger partial charge in [0.05, 0.1) is 0 Å². The topological polar surface area (TPSA) is 0 Å². The van der Waals surface area contributed by atoms with Crippen LogP contribution in [0.15, 0.2) is 18.2 Å². The van der Waals surface area contributed by atoms with E-state index in [1.54, 1.807) is 6.08 Å². The molecule has 6 heavy (non-hydrogen) atoms. The van der Waals surface area contributed by atoms with Crippen molar-refractivity contribution in [2.45, 2.75) is 6.92 Å². The maximum atomic E-state index is 4.93. The van der Waals surface area contributed by atoms with Crippen LogP contribution in [0.4, 0.5) is 0 Å². The van der Waals surface area contributed by atoms with Gasteiger partial charge in [-0.15, -0.1) is 0 Å². The summed E-state index contributed by atoms with van der Waals surface area (Å²) < 4.78 is 0. The van der Waals surface area contributed by atoms with Crippen LogP contribution in [0, 0.1) is 6.58 Å². The smallest absolute Gasteiger partial charge is 1.00 e. The zero-order valence-corrected chi connectivity index (χ0v) is 6.65. The van der Waals surface area contributed by atoms with Gasteiger partial charge in [0, 0.05) is 0 Å². The minimum absolute atomic E-state index is 0. The van der Waals surface area contributed by atoms with Crippen molar-refractivity contribution in [2.75, 3.05) is 0 Å². The van der Waals surface area contributed by atoms with Gasteiger partial charge in [-0.05, 0) is 0 Å². The van der Waals surface area contributed by atoms with Crippen LogP contribution in [0.2, 0.25) is 0 Å². The SMILES string of the molecule is [CH-]=CC=CC.[H-].[H-].[W+2]. The normalized spacial score (nSPS) is 7.50. The van der Waals surface area contributed by atoms with Crippen molar-refractivity contribution in [1.82, 2.24) is 0 Å². The molecule has 0 bridgehead atoms. The minimum atomic E-state index is 0. The Morgan fingerprint density at radius 1 is 1.67 bits per heavy atom. The number of allylic oxidation sites excluding steroid dienone is 3. The quantitative estimate of drug-likeness (QED) is 0.493. The Labute approximate surface area is 56.2 Å². The molecule has 0 nitrogen and oxygen atoms in total. The molecule has 0 aliphatic carbocycles. The zero-order valence-electron chi connectivity index (χ0n) is 5.72. The van der Waals surface area contributed by atoms with Crippen LogP contribution in [0.1, 0.15) is 9.78 Å². The summed E-state index contributed by atoms with van der Waals surface area (Å²) in [5, 5.41) is 0. The average molecular weight is 253 g/mol. The maximum Gasteiger partial charge on any atom is 2.00 e. The van der Waals surface area contributed by atoms with Gasteiger partial charge in [0.25, 0.3) is 0 Å². The first-order valence-corrected chi connectivity index (χ1v) is 1.58. The molecule has 0 aromatic rings. The fraction of sp³-hybridized carbons (Fsp3) is 0.200. The third-order valence-corrected chi connectivity index (χ3v) is 0.304. The molecule has 0 saturated heterocycles. The van der Waals surface area contributed by atoms with Crippen LogP contribution in [-0.2, 0) is 21.1 Å². The summed E-state index contributed by atoms with van der Waals surface area (Å²) >= 11 is 0. The Bertz CT molecular complexity index is 52.4. The second kappa shape index (κ2) is 8.95. The predicted molar refractivity (Wildman–Crippen MR) is 25.9 cm³/mol. The summed E-state index contributed by atoms with van der Waals surface area (Å²) in [5.74, 6) is 0. The van der Waals surface area contributed by atoms with Crippen molar-refractivity contribution < 1.29 is 23.9 Å². The van der Waals surface area contributed by atoms with Crippen molar-refractivity contribution in [3.05, 3.63) is 24.8 Å². The first-order valence-electron chi connectivity index (χ1n) is 1.58. The van der Waals surface area contributed by atoms with Gasteiger partial charge in [-0.3, -0.25) is 6.58 Å². The minimum Gasteiger partial charge on any atom is -1.00 e. The van der Waals surface area contributed by atoms with E-state index >= 15 is 0 Å². The van der Waals surface area contributed by atoms with Gasteiger partial charge in [-0.1, -0.05) is 6.92 Å². The zero-order chi connectivity index (χ0) is 4.12. The molecular formula is C5H9W-. The summed E-state index contributed by atoms with van der Waals surface area (Å²) in [6, 6.07) is 0. The molecule has 0 atom stereocenters. The standard InChI is InChI=1S/C5H7.W.2H/c1-3-5-4-2;;;/h1,3-5H,2H3;;;/q-1;+2;2*-1. The Balaban J connectivity index is -0.0000000267. The molecule has 0 heterocycles. The van der Waals surface area contributed by atoms with Gasteiger partial charge in [0.15, 0.2) is 0 Å². The van der Waals surface area contributed by atoms with Crippen molar-refractivity contribution >= 4 is 0 Å². The van der Waals surface area contributed by atoms with Gasteiger partial charge in [-0.25, -0.2) is 12.2 Å². The van der Waals surface area contributed by atoms with E-state index in [-0.39, 0.29) is 23.9 Å². The van der Waals surface area contributed by atoms with Crippen LogP contribution in [0.3, 0.4) is 0 Å². The third kappa shape index (κ3) is 8.90. The van der Waals surface area contributed by atoms with E-state index in [0.29, 0.717) is 0 Å². The largest absolute Gasteiger partial charge is 2.00 e. The first kappa shape index (κ1) is 9.48.